The van der Waals surface area contributed by atoms with Gasteiger partial charge in [-0.3, -0.25) is 15.0 Å². The van der Waals surface area contributed by atoms with Crippen molar-refractivity contribution in [3.63, 3.8) is 0 Å². The SMILES string of the molecule is Cc1ccccc1N=Nc1c(-c2cccc(N)c2)[nH][nH]c1=O. The van der Waals surface area contributed by atoms with Crippen molar-refractivity contribution in [1.29, 1.82) is 0 Å². The molecule has 1 heterocycles. The standard InChI is InChI=1S/C16H15N5O/c1-10-5-2-3-8-13(10)18-20-15-14(19-21-16(15)22)11-6-4-7-12(17)9-11/h2-9H,17H2,1H3,(H2,19,21,22). The van der Waals surface area contributed by atoms with Crippen LogP contribution in [0.1, 0.15) is 5.56 Å². The first-order chi connectivity index (χ1) is 10.6. The molecule has 0 atom stereocenters. The number of H-pyrrole nitrogens is 2. The van der Waals surface area contributed by atoms with E-state index in [-0.39, 0.29) is 11.2 Å². The predicted molar refractivity (Wildman–Crippen MR) is 86.6 cm³/mol. The summed E-state index contributed by atoms with van der Waals surface area (Å²) in [6.07, 6.45) is 0. The molecule has 2 aromatic carbocycles. The zero-order valence-electron chi connectivity index (χ0n) is 12.0. The van der Waals surface area contributed by atoms with E-state index < -0.39 is 0 Å². The minimum Gasteiger partial charge on any atom is -0.399 e. The second-order valence-electron chi connectivity index (χ2n) is 4.91. The maximum absolute atomic E-state index is 11.9. The van der Waals surface area contributed by atoms with Crippen LogP contribution in [0.2, 0.25) is 0 Å². The average Bonchev–Trinajstić information content (AvgIpc) is 2.87. The first-order valence-corrected chi connectivity index (χ1v) is 6.79. The second kappa shape index (κ2) is 5.69. The highest BCUT2D eigenvalue weighted by Crippen LogP contribution is 2.28. The molecule has 22 heavy (non-hydrogen) atoms. The molecular weight excluding hydrogens is 278 g/mol. The fourth-order valence-electron chi connectivity index (χ4n) is 2.13. The first kappa shape index (κ1) is 13.8. The maximum Gasteiger partial charge on any atom is 0.292 e. The minimum absolute atomic E-state index is 0.230. The molecule has 0 saturated heterocycles. The van der Waals surface area contributed by atoms with Gasteiger partial charge >= 0.3 is 0 Å². The second-order valence-corrected chi connectivity index (χ2v) is 4.91. The van der Waals surface area contributed by atoms with Gasteiger partial charge in [-0.25, -0.2) is 0 Å². The highest BCUT2D eigenvalue weighted by molar-refractivity contribution is 5.73. The third-order valence-electron chi connectivity index (χ3n) is 3.30. The normalized spacial score (nSPS) is 11.1. The van der Waals surface area contributed by atoms with Crippen molar-refractivity contribution in [2.75, 3.05) is 5.73 Å². The number of aromatic amines is 2. The van der Waals surface area contributed by atoms with Crippen molar-refractivity contribution >= 4 is 17.1 Å². The van der Waals surface area contributed by atoms with Gasteiger partial charge in [0.05, 0.1) is 11.4 Å². The van der Waals surface area contributed by atoms with Gasteiger partial charge in [0.25, 0.3) is 5.56 Å². The Hall–Kier alpha value is -3.15. The van der Waals surface area contributed by atoms with Crippen LogP contribution in [0.5, 0.6) is 0 Å². The van der Waals surface area contributed by atoms with Gasteiger partial charge in [0.15, 0.2) is 5.69 Å². The van der Waals surface area contributed by atoms with E-state index in [4.69, 9.17) is 5.73 Å². The first-order valence-electron chi connectivity index (χ1n) is 6.79. The summed E-state index contributed by atoms with van der Waals surface area (Å²) in [7, 11) is 0. The molecule has 0 aliphatic rings. The Bertz CT molecular complexity index is 891. The predicted octanol–water partition coefficient (Wildman–Crippen LogP) is 3.68. The van der Waals surface area contributed by atoms with Crippen molar-refractivity contribution in [2.24, 2.45) is 10.2 Å². The molecule has 0 aliphatic heterocycles. The molecule has 0 radical (unpaired) electrons. The van der Waals surface area contributed by atoms with Crippen LogP contribution in [0.25, 0.3) is 11.3 Å². The number of nitrogens with one attached hydrogen (secondary N) is 2. The van der Waals surface area contributed by atoms with Crippen molar-refractivity contribution < 1.29 is 0 Å². The number of rotatable bonds is 3. The summed E-state index contributed by atoms with van der Waals surface area (Å²) in [5.74, 6) is 0. The number of aromatic nitrogens is 2. The molecule has 4 N–H and O–H groups in total. The molecule has 110 valence electrons. The van der Waals surface area contributed by atoms with E-state index in [9.17, 15) is 4.79 Å². The number of nitrogens with two attached hydrogens (primary N) is 1. The van der Waals surface area contributed by atoms with Crippen LogP contribution in [0.15, 0.2) is 63.6 Å². The Labute approximate surface area is 126 Å². The molecule has 0 amide bonds. The van der Waals surface area contributed by atoms with E-state index in [1.54, 1.807) is 12.1 Å². The van der Waals surface area contributed by atoms with Crippen molar-refractivity contribution in [3.05, 3.63) is 64.4 Å². The number of nitrogens with zero attached hydrogens (tertiary/aromatic N) is 2. The van der Waals surface area contributed by atoms with Crippen LogP contribution in [0, 0.1) is 6.92 Å². The zero-order valence-corrected chi connectivity index (χ0v) is 12.0. The Kier molecular flexibility index (Phi) is 3.57. The summed E-state index contributed by atoms with van der Waals surface area (Å²) in [5, 5.41) is 13.6. The third kappa shape index (κ3) is 2.67. The van der Waals surface area contributed by atoms with Gasteiger partial charge < -0.3 is 5.73 Å². The number of hydrogen-bond acceptors (Lipinski definition) is 4. The van der Waals surface area contributed by atoms with Crippen LogP contribution >= 0.6 is 0 Å². The Morgan fingerprint density at radius 1 is 1.00 bits per heavy atom. The smallest absolute Gasteiger partial charge is 0.292 e. The molecule has 6 nitrogen and oxygen atoms in total. The lowest BCUT2D eigenvalue weighted by Crippen LogP contribution is -1.96. The van der Waals surface area contributed by atoms with Crippen LogP contribution < -0.4 is 11.3 Å². The summed E-state index contributed by atoms with van der Waals surface area (Å²) < 4.78 is 0. The molecule has 0 unspecified atom stereocenters. The van der Waals surface area contributed by atoms with Gasteiger partial charge in [-0.2, -0.15) is 5.11 Å². The molecule has 6 heteroatoms. The lowest BCUT2D eigenvalue weighted by Gasteiger charge is -2.00. The van der Waals surface area contributed by atoms with Gasteiger partial charge in [-0.05, 0) is 30.7 Å². The summed E-state index contributed by atoms with van der Waals surface area (Å²) in [6, 6.07) is 14.8. The lowest BCUT2D eigenvalue weighted by molar-refractivity contribution is 1.06. The lowest BCUT2D eigenvalue weighted by atomic mass is 10.1. The number of benzene rings is 2. The minimum atomic E-state index is -0.324. The van der Waals surface area contributed by atoms with Crippen LogP contribution in [0.4, 0.5) is 17.1 Å². The number of hydrogen-bond donors (Lipinski definition) is 3. The van der Waals surface area contributed by atoms with Gasteiger partial charge in [-0.1, -0.05) is 30.3 Å². The number of anilines is 1. The van der Waals surface area contributed by atoms with Crippen LogP contribution in [0.3, 0.4) is 0 Å². The molecule has 3 aromatic rings. The number of nitrogen functional groups attached to an aromatic ring is 1. The zero-order chi connectivity index (χ0) is 15.5. The molecule has 0 spiro atoms. The van der Waals surface area contributed by atoms with E-state index in [0.29, 0.717) is 11.4 Å². The van der Waals surface area contributed by atoms with Gasteiger partial charge in [-0.15, -0.1) is 5.11 Å². The molecule has 3 rings (SSSR count). The monoisotopic (exact) mass is 293 g/mol. The van der Waals surface area contributed by atoms with Crippen molar-refractivity contribution in [2.45, 2.75) is 6.92 Å². The third-order valence-corrected chi connectivity index (χ3v) is 3.30. The van der Waals surface area contributed by atoms with Crippen molar-refractivity contribution in [1.82, 2.24) is 10.2 Å². The Balaban J connectivity index is 2.04. The van der Waals surface area contributed by atoms with Crippen LogP contribution in [-0.2, 0) is 0 Å². The van der Waals surface area contributed by atoms with Crippen LogP contribution in [-0.4, -0.2) is 10.2 Å². The molecule has 0 aliphatic carbocycles. The topological polar surface area (TPSA) is 99.4 Å². The van der Waals surface area contributed by atoms with E-state index in [1.807, 2.05) is 43.3 Å². The quantitative estimate of drug-likeness (QED) is 0.507. The van der Waals surface area contributed by atoms with Crippen molar-refractivity contribution in [3.8, 4) is 11.3 Å². The maximum atomic E-state index is 11.9. The summed E-state index contributed by atoms with van der Waals surface area (Å²) in [5.41, 5.74) is 9.35. The van der Waals surface area contributed by atoms with Gasteiger partial charge in [0.1, 0.15) is 0 Å². The summed E-state index contributed by atoms with van der Waals surface area (Å²) >= 11 is 0. The van der Waals surface area contributed by atoms with E-state index in [0.717, 1.165) is 16.8 Å². The highest BCUT2D eigenvalue weighted by Gasteiger charge is 2.11. The molecule has 1 aromatic heterocycles. The fraction of sp³-hybridized carbons (Fsp3) is 0.0625. The van der Waals surface area contributed by atoms with E-state index >= 15 is 0 Å². The number of azo groups is 1. The highest BCUT2D eigenvalue weighted by atomic mass is 16.1. The summed E-state index contributed by atoms with van der Waals surface area (Å²) in [6.45, 7) is 1.94. The molecular formula is C16H15N5O. The molecule has 0 fully saturated rings. The fourth-order valence-corrected chi connectivity index (χ4v) is 2.13. The van der Waals surface area contributed by atoms with E-state index in [2.05, 4.69) is 20.4 Å². The Morgan fingerprint density at radius 2 is 1.82 bits per heavy atom. The Morgan fingerprint density at radius 3 is 2.59 bits per heavy atom. The molecule has 0 saturated carbocycles. The number of aryl methyl sites for hydroxylation is 1. The van der Waals surface area contributed by atoms with E-state index in [1.165, 1.54) is 0 Å². The van der Waals surface area contributed by atoms with Gasteiger partial charge in [0, 0.05) is 11.3 Å². The summed E-state index contributed by atoms with van der Waals surface area (Å²) in [4.78, 5) is 11.9. The largest absolute Gasteiger partial charge is 0.399 e. The van der Waals surface area contributed by atoms with Gasteiger partial charge in [0.2, 0.25) is 0 Å². The average molecular weight is 293 g/mol. The molecule has 0 bridgehead atoms.